The Morgan fingerprint density at radius 2 is 2.11 bits per heavy atom. The van der Waals surface area contributed by atoms with Gasteiger partial charge in [-0.05, 0) is 47.9 Å². The van der Waals surface area contributed by atoms with E-state index in [1.54, 1.807) is 18.3 Å². The van der Waals surface area contributed by atoms with Crippen LogP contribution in [0.1, 0.15) is 12.5 Å². The standard InChI is InChI=1S/C15H17NO2S/c1-12(18-14-5-3-2-4-6-14)15(17)16-9-7-13-8-10-19-11-13/h2-6,8,10-12H,7,9H2,1H3,(H,16,17). The Morgan fingerprint density at radius 3 is 2.79 bits per heavy atom. The van der Waals surface area contributed by atoms with Crippen LogP contribution in [-0.2, 0) is 11.2 Å². The van der Waals surface area contributed by atoms with Gasteiger partial charge in [-0.1, -0.05) is 18.2 Å². The zero-order valence-corrected chi connectivity index (χ0v) is 11.7. The lowest BCUT2D eigenvalue weighted by Gasteiger charge is -2.14. The Morgan fingerprint density at radius 1 is 1.32 bits per heavy atom. The van der Waals surface area contributed by atoms with E-state index in [1.807, 2.05) is 35.7 Å². The van der Waals surface area contributed by atoms with Crippen molar-refractivity contribution in [1.29, 1.82) is 0 Å². The molecule has 0 fully saturated rings. The number of ether oxygens (including phenoxy) is 1. The van der Waals surface area contributed by atoms with E-state index >= 15 is 0 Å². The minimum atomic E-state index is -0.482. The van der Waals surface area contributed by atoms with Crippen LogP contribution < -0.4 is 10.1 Å². The van der Waals surface area contributed by atoms with E-state index in [1.165, 1.54) is 5.56 Å². The molecule has 0 radical (unpaired) electrons. The first-order valence-corrected chi connectivity index (χ1v) is 7.20. The third-order valence-corrected chi connectivity index (χ3v) is 3.45. The number of amides is 1. The first-order valence-electron chi connectivity index (χ1n) is 6.26. The van der Waals surface area contributed by atoms with Gasteiger partial charge in [0.1, 0.15) is 5.75 Å². The van der Waals surface area contributed by atoms with Crippen LogP contribution >= 0.6 is 11.3 Å². The fourth-order valence-electron chi connectivity index (χ4n) is 1.67. The molecule has 1 aromatic carbocycles. The minimum Gasteiger partial charge on any atom is -0.481 e. The van der Waals surface area contributed by atoms with E-state index in [4.69, 9.17) is 4.74 Å². The lowest BCUT2D eigenvalue weighted by Crippen LogP contribution is -2.37. The maximum atomic E-state index is 11.8. The first-order chi connectivity index (χ1) is 9.25. The number of hydrogen-bond acceptors (Lipinski definition) is 3. The molecule has 0 bridgehead atoms. The van der Waals surface area contributed by atoms with Crippen LogP contribution in [0, 0.1) is 0 Å². The van der Waals surface area contributed by atoms with Gasteiger partial charge in [0.25, 0.3) is 5.91 Å². The van der Waals surface area contributed by atoms with Gasteiger partial charge in [-0.2, -0.15) is 11.3 Å². The van der Waals surface area contributed by atoms with E-state index in [0.717, 1.165) is 6.42 Å². The van der Waals surface area contributed by atoms with E-state index in [-0.39, 0.29) is 5.91 Å². The molecule has 3 nitrogen and oxygen atoms in total. The molecular weight excluding hydrogens is 258 g/mol. The highest BCUT2D eigenvalue weighted by Crippen LogP contribution is 2.10. The van der Waals surface area contributed by atoms with Crippen LogP contribution in [0.4, 0.5) is 0 Å². The Kier molecular flexibility index (Phi) is 4.98. The average Bonchev–Trinajstić information content (AvgIpc) is 2.93. The van der Waals surface area contributed by atoms with Gasteiger partial charge in [-0.3, -0.25) is 4.79 Å². The highest BCUT2D eigenvalue weighted by atomic mass is 32.1. The number of para-hydroxylation sites is 1. The summed E-state index contributed by atoms with van der Waals surface area (Å²) in [7, 11) is 0. The first kappa shape index (κ1) is 13.6. The monoisotopic (exact) mass is 275 g/mol. The van der Waals surface area contributed by atoms with Crippen LogP contribution in [-0.4, -0.2) is 18.6 Å². The van der Waals surface area contributed by atoms with Crippen molar-refractivity contribution < 1.29 is 9.53 Å². The molecule has 4 heteroatoms. The summed E-state index contributed by atoms with van der Waals surface area (Å²) in [5.41, 5.74) is 1.25. The SMILES string of the molecule is CC(Oc1ccccc1)C(=O)NCCc1ccsc1. The van der Waals surface area contributed by atoms with Crippen molar-refractivity contribution in [2.45, 2.75) is 19.4 Å². The maximum Gasteiger partial charge on any atom is 0.260 e. The number of benzene rings is 1. The highest BCUT2D eigenvalue weighted by molar-refractivity contribution is 7.07. The molecule has 0 spiro atoms. The van der Waals surface area contributed by atoms with Crippen LogP contribution in [0.25, 0.3) is 0 Å². The van der Waals surface area contributed by atoms with Gasteiger partial charge in [0.15, 0.2) is 6.10 Å². The van der Waals surface area contributed by atoms with Crippen molar-refractivity contribution in [2.24, 2.45) is 0 Å². The van der Waals surface area contributed by atoms with E-state index < -0.39 is 6.10 Å². The van der Waals surface area contributed by atoms with Crippen molar-refractivity contribution >= 4 is 17.2 Å². The summed E-state index contributed by atoms with van der Waals surface area (Å²) < 4.78 is 5.55. The molecular formula is C15H17NO2S. The number of hydrogen-bond donors (Lipinski definition) is 1. The third kappa shape index (κ3) is 4.41. The van der Waals surface area contributed by atoms with Gasteiger partial charge in [-0.15, -0.1) is 0 Å². The third-order valence-electron chi connectivity index (χ3n) is 2.72. The molecule has 2 aromatic rings. The average molecular weight is 275 g/mol. The quantitative estimate of drug-likeness (QED) is 0.880. The van der Waals surface area contributed by atoms with Gasteiger partial charge in [0.2, 0.25) is 0 Å². The predicted molar refractivity (Wildman–Crippen MR) is 77.6 cm³/mol. The van der Waals surface area contributed by atoms with Gasteiger partial charge < -0.3 is 10.1 Å². The van der Waals surface area contributed by atoms with E-state index in [9.17, 15) is 4.79 Å². The Bertz CT molecular complexity index is 496. The summed E-state index contributed by atoms with van der Waals surface area (Å²) in [6.45, 7) is 2.39. The summed E-state index contributed by atoms with van der Waals surface area (Å²) in [5.74, 6) is 0.627. The van der Waals surface area contributed by atoms with Crippen molar-refractivity contribution in [3.05, 3.63) is 52.7 Å². The van der Waals surface area contributed by atoms with Crippen LogP contribution in [0.3, 0.4) is 0 Å². The molecule has 1 aromatic heterocycles. The fourth-order valence-corrected chi connectivity index (χ4v) is 2.37. The molecule has 1 atom stereocenters. The topological polar surface area (TPSA) is 38.3 Å². The molecule has 1 N–H and O–H groups in total. The lowest BCUT2D eigenvalue weighted by atomic mass is 10.2. The molecule has 1 unspecified atom stereocenters. The predicted octanol–water partition coefficient (Wildman–Crippen LogP) is 2.87. The smallest absolute Gasteiger partial charge is 0.260 e. The Balaban J connectivity index is 1.73. The van der Waals surface area contributed by atoms with Gasteiger partial charge >= 0.3 is 0 Å². The van der Waals surface area contributed by atoms with E-state index in [2.05, 4.69) is 16.8 Å². The second-order valence-electron chi connectivity index (χ2n) is 4.25. The van der Waals surface area contributed by atoms with Crippen molar-refractivity contribution in [3.8, 4) is 5.75 Å². The molecule has 0 aliphatic carbocycles. The molecule has 100 valence electrons. The zero-order chi connectivity index (χ0) is 13.5. The maximum absolute atomic E-state index is 11.8. The van der Waals surface area contributed by atoms with Crippen molar-refractivity contribution in [3.63, 3.8) is 0 Å². The number of carbonyl (C=O) groups excluding carboxylic acids is 1. The molecule has 0 saturated carbocycles. The Labute approximate surface area is 117 Å². The summed E-state index contributed by atoms with van der Waals surface area (Å²) in [5, 5.41) is 7.01. The van der Waals surface area contributed by atoms with Crippen LogP contribution in [0.15, 0.2) is 47.2 Å². The minimum absolute atomic E-state index is 0.0842. The summed E-state index contributed by atoms with van der Waals surface area (Å²) in [4.78, 5) is 11.8. The van der Waals surface area contributed by atoms with Crippen molar-refractivity contribution in [1.82, 2.24) is 5.32 Å². The van der Waals surface area contributed by atoms with E-state index in [0.29, 0.717) is 12.3 Å². The molecule has 19 heavy (non-hydrogen) atoms. The summed E-state index contributed by atoms with van der Waals surface area (Å²) in [6, 6.07) is 11.4. The molecule has 0 aliphatic rings. The highest BCUT2D eigenvalue weighted by Gasteiger charge is 2.13. The molecule has 2 rings (SSSR count). The van der Waals surface area contributed by atoms with Gasteiger partial charge in [0, 0.05) is 6.54 Å². The van der Waals surface area contributed by atoms with Gasteiger partial charge in [0.05, 0.1) is 0 Å². The number of nitrogens with one attached hydrogen (secondary N) is 1. The van der Waals surface area contributed by atoms with Crippen LogP contribution in [0.5, 0.6) is 5.75 Å². The largest absolute Gasteiger partial charge is 0.481 e. The fraction of sp³-hybridized carbons (Fsp3) is 0.267. The summed E-state index contributed by atoms with van der Waals surface area (Å²) >= 11 is 1.67. The van der Waals surface area contributed by atoms with Crippen LogP contribution in [0.2, 0.25) is 0 Å². The molecule has 0 aliphatic heterocycles. The second-order valence-corrected chi connectivity index (χ2v) is 5.03. The normalized spacial score (nSPS) is 11.8. The zero-order valence-electron chi connectivity index (χ0n) is 10.8. The number of rotatable bonds is 6. The Hall–Kier alpha value is -1.81. The second kappa shape index (κ2) is 6.95. The van der Waals surface area contributed by atoms with Gasteiger partial charge in [-0.25, -0.2) is 0 Å². The number of carbonyl (C=O) groups is 1. The van der Waals surface area contributed by atoms with Crippen molar-refractivity contribution in [2.75, 3.05) is 6.54 Å². The number of thiophene rings is 1. The lowest BCUT2D eigenvalue weighted by molar-refractivity contribution is -0.127. The molecule has 1 amide bonds. The molecule has 0 saturated heterocycles. The molecule has 1 heterocycles. The summed E-state index contributed by atoms with van der Waals surface area (Å²) in [6.07, 6.45) is 0.373.